The van der Waals surface area contributed by atoms with Crippen molar-refractivity contribution in [3.05, 3.63) is 77.6 Å². The second-order valence-electron chi connectivity index (χ2n) is 8.70. The summed E-state index contributed by atoms with van der Waals surface area (Å²) in [5.74, 6) is 0. The molecule has 0 radical (unpaired) electrons. The molecule has 1 N–H and O–H groups in total. The molecule has 2 aliphatic rings. The molecule has 4 heterocycles. The highest BCUT2D eigenvalue weighted by atomic mass is 32.1. The fourth-order valence-corrected chi connectivity index (χ4v) is 5.81. The quantitative estimate of drug-likeness (QED) is 0.576. The first-order valence-electron chi connectivity index (χ1n) is 11.2. The lowest BCUT2D eigenvalue weighted by Crippen LogP contribution is -2.40. The Labute approximate surface area is 189 Å². The van der Waals surface area contributed by atoms with Crippen LogP contribution >= 0.6 is 12.2 Å². The van der Waals surface area contributed by atoms with Crippen LogP contribution in [0, 0.1) is 13.8 Å². The molecule has 160 valence electrons. The van der Waals surface area contributed by atoms with Gasteiger partial charge in [0.15, 0.2) is 5.11 Å². The molecular formula is C25H29N5S. The van der Waals surface area contributed by atoms with Gasteiger partial charge in [-0.2, -0.15) is 0 Å². The van der Waals surface area contributed by atoms with Crippen LogP contribution in [0.25, 0.3) is 5.69 Å². The first kappa shape index (κ1) is 20.2. The van der Waals surface area contributed by atoms with Crippen LogP contribution in [0.1, 0.15) is 66.8 Å². The number of thiocarbonyl (C=S) groups is 1. The number of aromatic nitrogens is 3. The number of pyridine rings is 2. The summed E-state index contributed by atoms with van der Waals surface area (Å²) in [5.41, 5.74) is 5.90. The monoisotopic (exact) mass is 431 g/mol. The van der Waals surface area contributed by atoms with E-state index in [1.54, 1.807) is 0 Å². The standard InChI is InChI=1S/C25H29N5S/c1-17-15-21(18(2)29(17)20-11-8-13-26-16-20)24-23(22-12-6-7-14-27-22)28-25(31)30(24)19-9-4-3-5-10-19/h6-8,11-16,19,23-24H,3-5,9-10H2,1-2H3,(H,28,31)/t23-,24-/m0/s1. The van der Waals surface area contributed by atoms with Gasteiger partial charge in [0.25, 0.3) is 0 Å². The lowest BCUT2D eigenvalue weighted by molar-refractivity contribution is 0.197. The molecule has 31 heavy (non-hydrogen) atoms. The summed E-state index contributed by atoms with van der Waals surface area (Å²) >= 11 is 5.92. The third-order valence-corrected chi connectivity index (χ3v) is 7.13. The van der Waals surface area contributed by atoms with Crippen LogP contribution in [0.2, 0.25) is 0 Å². The van der Waals surface area contributed by atoms with Crippen LogP contribution in [0.4, 0.5) is 0 Å². The topological polar surface area (TPSA) is 46.0 Å². The molecule has 2 fully saturated rings. The molecule has 2 atom stereocenters. The Balaban J connectivity index is 1.62. The van der Waals surface area contributed by atoms with Gasteiger partial charge in [-0.3, -0.25) is 9.97 Å². The predicted molar refractivity (Wildman–Crippen MR) is 127 cm³/mol. The van der Waals surface area contributed by atoms with E-state index in [2.05, 4.69) is 57.9 Å². The van der Waals surface area contributed by atoms with Crippen molar-refractivity contribution in [1.29, 1.82) is 0 Å². The van der Waals surface area contributed by atoms with Gasteiger partial charge in [0, 0.05) is 29.8 Å². The molecule has 5 rings (SSSR count). The number of nitrogens with zero attached hydrogens (tertiary/aromatic N) is 4. The Morgan fingerprint density at radius 1 is 1.03 bits per heavy atom. The maximum Gasteiger partial charge on any atom is 0.170 e. The van der Waals surface area contributed by atoms with E-state index in [0.29, 0.717) is 6.04 Å². The minimum atomic E-state index is 0.0403. The summed E-state index contributed by atoms with van der Waals surface area (Å²) in [7, 11) is 0. The summed E-state index contributed by atoms with van der Waals surface area (Å²) in [5, 5.41) is 4.50. The number of aryl methyl sites for hydroxylation is 1. The zero-order valence-corrected chi connectivity index (χ0v) is 19.0. The molecular weight excluding hydrogens is 402 g/mol. The van der Waals surface area contributed by atoms with E-state index in [1.807, 2.05) is 30.7 Å². The summed E-state index contributed by atoms with van der Waals surface area (Å²) in [6.07, 6.45) is 11.9. The molecule has 3 aromatic rings. The molecule has 1 aliphatic carbocycles. The second kappa shape index (κ2) is 8.42. The van der Waals surface area contributed by atoms with E-state index >= 15 is 0 Å². The highest BCUT2D eigenvalue weighted by Crippen LogP contribution is 2.44. The zero-order chi connectivity index (χ0) is 21.4. The number of hydrogen-bond acceptors (Lipinski definition) is 3. The Kier molecular flexibility index (Phi) is 5.48. The molecule has 0 amide bonds. The van der Waals surface area contributed by atoms with Crippen molar-refractivity contribution in [2.75, 3.05) is 0 Å². The van der Waals surface area contributed by atoms with Crippen LogP contribution in [-0.4, -0.2) is 30.6 Å². The summed E-state index contributed by atoms with van der Waals surface area (Å²) in [6.45, 7) is 4.39. The Bertz CT molecular complexity index is 1060. The van der Waals surface area contributed by atoms with Gasteiger partial charge in [-0.15, -0.1) is 0 Å². The normalized spacial score (nSPS) is 22.0. The van der Waals surface area contributed by atoms with Gasteiger partial charge < -0.3 is 14.8 Å². The molecule has 0 bridgehead atoms. The van der Waals surface area contributed by atoms with Crippen LogP contribution in [-0.2, 0) is 0 Å². The molecule has 0 unspecified atom stereocenters. The molecule has 5 nitrogen and oxygen atoms in total. The van der Waals surface area contributed by atoms with Gasteiger partial charge in [-0.25, -0.2) is 0 Å². The Morgan fingerprint density at radius 3 is 2.58 bits per heavy atom. The fraction of sp³-hybridized carbons (Fsp3) is 0.400. The predicted octanol–water partition coefficient (Wildman–Crippen LogP) is 5.19. The summed E-state index contributed by atoms with van der Waals surface area (Å²) < 4.78 is 2.30. The molecule has 1 aliphatic heterocycles. The van der Waals surface area contributed by atoms with Crippen LogP contribution < -0.4 is 5.32 Å². The zero-order valence-electron chi connectivity index (χ0n) is 18.2. The summed E-state index contributed by atoms with van der Waals surface area (Å²) in [4.78, 5) is 11.5. The third kappa shape index (κ3) is 3.63. The Hall–Kier alpha value is -2.73. The lowest BCUT2D eigenvalue weighted by Gasteiger charge is -2.37. The van der Waals surface area contributed by atoms with Gasteiger partial charge in [-0.1, -0.05) is 25.3 Å². The minimum absolute atomic E-state index is 0.0403. The van der Waals surface area contributed by atoms with E-state index in [0.717, 1.165) is 16.5 Å². The molecule has 1 saturated carbocycles. The van der Waals surface area contributed by atoms with Gasteiger partial charge >= 0.3 is 0 Å². The van der Waals surface area contributed by atoms with E-state index in [1.165, 1.54) is 49.1 Å². The smallest absolute Gasteiger partial charge is 0.170 e. The van der Waals surface area contributed by atoms with E-state index in [9.17, 15) is 0 Å². The number of hydrogen-bond donors (Lipinski definition) is 1. The average molecular weight is 432 g/mol. The van der Waals surface area contributed by atoms with E-state index in [-0.39, 0.29) is 12.1 Å². The van der Waals surface area contributed by atoms with Crippen molar-refractivity contribution < 1.29 is 0 Å². The first-order valence-corrected chi connectivity index (χ1v) is 11.6. The Morgan fingerprint density at radius 2 is 1.87 bits per heavy atom. The van der Waals surface area contributed by atoms with Crippen molar-refractivity contribution in [2.24, 2.45) is 0 Å². The maximum atomic E-state index is 5.92. The third-order valence-electron chi connectivity index (χ3n) is 6.80. The van der Waals surface area contributed by atoms with Gasteiger partial charge in [0.2, 0.25) is 0 Å². The van der Waals surface area contributed by atoms with Crippen molar-refractivity contribution in [1.82, 2.24) is 24.8 Å². The second-order valence-corrected chi connectivity index (χ2v) is 9.09. The minimum Gasteiger partial charge on any atom is -0.352 e. The maximum absolute atomic E-state index is 5.92. The highest BCUT2D eigenvalue weighted by molar-refractivity contribution is 7.80. The average Bonchev–Trinajstić information content (AvgIpc) is 3.30. The van der Waals surface area contributed by atoms with E-state index < -0.39 is 0 Å². The highest BCUT2D eigenvalue weighted by Gasteiger charge is 2.44. The SMILES string of the molecule is Cc1cc([C@H]2[C@H](c3ccccn3)NC(=S)N2C2CCCCC2)c(C)n1-c1cccnc1. The number of nitrogens with one attached hydrogen (secondary N) is 1. The van der Waals surface area contributed by atoms with Crippen molar-refractivity contribution in [3.8, 4) is 5.69 Å². The molecule has 0 spiro atoms. The molecule has 0 aromatic carbocycles. The van der Waals surface area contributed by atoms with Gasteiger partial charge in [0.05, 0.1) is 29.7 Å². The lowest BCUT2D eigenvalue weighted by atomic mass is 9.90. The first-order chi connectivity index (χ1) is 15.1. The molecule has 3 aromatic heterocycles. The van der Waals surface area contributed by atoms with Crippen molar-refractivity contribution in [2.45, 2.75) is 64.1 Å². The largest absolute Gasteiger partial charge is 0.352 e. The van der Waals surface area contributed by atoms with Gasteiger partial charge in [-0.05, 0) is 74.8 Å². The van der Waals surface area contributed by atoms with Gasteiger partial charge in [0.1, 0.15) is 0 Å². The van der Waals surface area contributed by atoms with Crippen LogP contribution in [0.3, 0.4) is 0 Å². The van der Waals surface area contributed by atoms with Crippen LogP contribution in [0.15, 0.2) is 55.0 Å². The molecule has 6 heteroatoms. The summed E-state index contributed by atoms with van der Waals surface area (Å²) in [6, 6.07) is 13.2. The number of rotatable bonds is 4. The van der Waals surface area contributed by atoms with Crippen molar-refractivity contribution in [3.63, 3.8) is 0 Å². The van der Waals surface area contributed by atoms with Crippen LogP contribution in [0.5, 0.6) is 0 Å². The fourth-order valence-electron chi connectivity index (χ4n) is 5.42. The van der Waals surface area contributed by atoms with E-state index in [4.69, 9.17) is 17.2 Å². The molecule has 1 saturated heterocycles. The van der Waals surface area contributed by atoms with Crippen molar-refractivity contribution >= 4 is 17.3 Å².